The van der Waals surface area contributed by atoms with Gasteiger partial charge in [-0.1, -0.05) is 69.3 Å². The number of fused-ring (bicyclic) bond motifs is 5. The number of piperidine rings is 1. The zero-order valence-corrected chi connectivity index (χ0v) is 30.9. The Labute approximate surface area is 291 Å². The molecule has 3 aromatic carbocycles. The molecular weight excluding hydrogens is 635 g/mol. The number of amides is 2. The van der Waals surface area contributed by atoms with Crippen molar-refractivity contribution >= 4 is 31.7 Å². The van der Waals surface area contributed by atoms with E-state index in [9.17, 15) is 9.59 Å². The van der Waals surface area contributed by atoms with Gasteiger partial charge in [-0.3, -0.25) is 15.0 Å². The minimum atomic E-state index is -1.93. The summed E-state index contributed by atoms with van der Waals surface area (Å²) in [5, 5.41) is 6.17. The SMILES string of the molecule is CCOc1cc(NC(=O)CCc2ccc(-c3ccccc3)c(NC(=O)OC3CC4C5OC5C(C3)N4C)c2)ccc1CO[Si](C)(C)C(C)(C)C. The number of likely N-dealkylation sites (N-methyl/N-ethyl adjacent to an activating group) is 1. The molecule has 3 aromatic rings. The summed E-state index contributed by atoms with van der Waals surface area (Å²) in [6, 6.07) is 22.3. The average Bonchev–Trinajstić information content (AvgIpc) is 3.82. The van der Waals surface area contributed by atoms with E-state index in [1.165, 1.54) is 0 Å². The van der Waals surface area contributed by atoms with Gasteiger partial charge in [-0.2, -0.15) is 0 Å². The molecular formula is C39H51N3O6Si. The maximum Gasteiger partial charge on any atom is 0.411 e. The number of benzene rings is 3. The highest BCUT2D eigenvalue weighted by atomic mass is 28.4. The molecule has 3 heterocycles. The third-order valence-corrected chi connectivity index (χ3v) is 15.2. The van der Waals surface area contributed by atoms with E-state index >= 15 is 0 Å². The van der Waals surface area contributed by atoms with Crippen LogP contribution in [0.25, 0.3) is 11.1 Å². The lowest BCUT2D eigenvalue weighted by Gasteiger charge is -2.37. The number of epoxide rings is 1. The molecule has 0 radical (unpaired) electrons. The van der Waals surface area contributed by atoms with Crippen molar-refractivity contribution in [2.24, 2.45) is 0 Å². The van der Waals surface area contributed by atoms with Crippen LogP contribution in [0.5, 0.6) is 5.75 Å². The second-order valence-electron chi connectivity index (χ2n) is 15.1. The zero-order valence-electron chi connectivity index (χ0n) is 29.9. The van der Waals surface area contributed by atoms with Crippen molar-refractivity contribution in [2.45, 2.75) is 109 Å². The predicted molar refractivity (Wildman–Crippen MR) is 196 cm³/mol. The number of hydrogen-bond donors (Lipinski definition) is 2. The summed E-state index contributed by atoms with van der Waals surface area (Å²) in [7, 11) is 0.209. The van der Waals surface area contributed by atoms with Crippen LogP contribution in [0.1, 0.15) is 58.1 Å². The Morgan fingerprint density at radius 1 is 0.959 bits per heavy atom. The zero-order chi connectivity index (χ0) is 34.9. The fourth-order valence-corrected chi connectivity index (χ4v) is 7.75. The summed E-state index contributed by atoms with van der Waals surface area (Å²) in [4.78, 5) is 28.7. The lowest BCUT2D eigenvalue weighted by atomic mass is 9.99. The second kappa shape index (κ2) is 14.3. The second-order valence-corrected chi connectivity index (χ2v) is 19.9. The number of hydrogen-bond acceptors (Lipinski definition) is 7. The standard InChI is InChI=1S/C39H51N3O6Si/c1-8-45-34-21-28(17-16-27(34)24-46-49(6,7)39(2,3)4)40-35(43)19-15-25-14-18-30(26-12-10-9-11-13-26)31(20-25)41-38(44)47-29-22-32-36-37(48-36)33(23-29)42(32)5/h9-14,16-18,20-21,29,32-33,36-37H,8,15,19,22-24H2,1-7H3,(H,40,43)(H,41,44). The molecule has 9 nitrogen and oxygen atoms in total. The number of anilines is 2. The third kappa shape index (κ3) is 8.04. The molecule has 2 bridgehead atoms. The predicted octanol–water partition coefficient (Wildman–Crippen LogP) is 8.01. The maximum absolute atomic E-state index is 13.2. The first-order valence-electron chi connectivity index (χ1n) is 17.6. The number of ether oxygens (including phenoxy) is 3. The van der Waals surface area contributed by atoms with Crippen LogP contribution in [-0.4, -0.2) is 69.3 Å². The molecule has 4 atom stereocenters. The third-order valence-electron chi connectivity index (χ3n) is 10.7. The van der Waals surface area contributed by atoms with Gasteiger partial charge < -0.3 is 24.0 Å². The summed E-state index contributed by atoms with van der Waals surface area (Å²) in [6.07, 6.45) is 2.30. The van der Waals surface area contributed by atoms with E-state index in [0.717, 1.165) is 40.8 Å². The van der Waals surface area contributed by atoms with Crippen LogP contribution in [-0.2, 0) is 31.7 Å². The molecule has 0 aromatic heterocycles. The van der Waals surface area contributed by atoms with Crippen molar-refractivity contribution in [3.63, 3.8) is 0 Å². The number of rotatable bonds is 12. The topological polar surface area (TPSA) is 102 Å². The van der Waals surface area contributed by atoms with Crippen molar-refractivity contribution < 1.29 is 28.2 Å². The van der Waals surface area contributed by atoms with Crippen LogP contribution in [0.3, 0.4) is 0 Å². The molecule has 3 saturated heterocycles. The number of carbonyl (C=O) groups is 2. The molecule has 2 N–H and O–H groups in total. The Bertz CT molecular complexity index is 1640. The van der Waals surface area contributed by atoms with Gasteiger partial charge in [0, 0.05) is 54.2 Å². The van der Waals surface area contributed by atoms with Gasteiger partial charge in [-0.05, 0) is 61.8 Å². The van der Waals surface area contributed by atoms with Gasteiger partial charge >= 0.3 is 6.09 Å². The van der Waals surface area contributed by atoms with Crippen molar-refractivity contribution in [3.05, 3.63) is 77.9 Å². The number of nitrogens with zero attached hydrogens (tertiary/aromatic N) is 1. The Kier molecular flexibility index (Phi) is 10.2. The van der Waals surface area contributed by atoms with E-state index in [1.54, 1.807) is 0 Å². The van der Waals surface area contributed by atoms with Crippen molar-refractivity contribution in [1.29, 1.82) is 0 Å². The molecule has 0 spiro atoms. The normalized spacial score (nSPS) is 23.0. The molecule has 3 fully saturated rings. The summed E-state index contributed by atoms with van der Waals surface area (Å²) in [5.41, 5.74) is 5.13. The number of aryl methyl sites for hydroxylation is 1. The fourth-order valence-electron chi connectivity index (χ4n) is 6.80. The first-order chi connectivity index (χ1) is 23.3. The lowest BCUT2D eigenvalue weighted by Crippen LogP contribution is -2.48. The van der Waals surface area contributed by atoms with Gasteiger partial charge in [0.2, 0.25) is 5.91 Å². The molecule has 3 aliphatic rings. The quantitative estimate of drug-likeness (QED) is 0.147. The first kappa shape index (κ1) is 35.1. The van der Waals surface area contributed by atoms with Crippen LogP contribution in [0.15, 0.2) is 66.7 Å². The summed E-state index contributed by atoms with van der Waals surface area (Å²) < 4.78 is 24.1. The van der Waals surface area contributed by atoms with E-state index < -0.39 is 14.4 Å². The molecule has 3 aliphatic heterocycles. The van der Waals surface area contributed by atoms with E-state index in [2.05, 4.69) is 56.4 Å². The molecule has 262 valence electrons. The van der Waals surface area contributed by atoms with E-state index in [1.807, 2.05) is 73.7 Å². The van der Waals surface area contributed by atoms with Crippen molar-refractivity contribution in [2.75, 3.05) is 24.3 Å². The Hall–Kier alpha value is -3.70. The van der Waals surface area contributed by atoms with Crippen LogP contribution in [0, 0.1) is 0 Å². The van der Waals surface area contributed by atoms with Gasteiger partial charge in [0.25, 0.3) is 0 Å². The van der Waals surface area contributed by atoms with Crippen LogP contribution in [0.4, 0.5) is 16.2 Å². The molecule has 10 heteroatoms. The first-order valence-corrected chi connectivity index (χ1v) is 20.5. The largest absolute Gasteiger partial charge is 0.493 e. The smallest absolute Gasteiger partial charge is 0.411 e. The van der Waals surface area contributed by atoms with Gasteiger partial charge in [-0.25, -0.2) is 4.79 Å². The van der Waals surface area contributed by atoms with Crippen LogP contribution < -0.4 is 15.4 Å². The average molecular weight is 686 g/mol. The summed E-state index contributed by atoms with van der Waals surface area (Å²) in [6.45, 7) is 14.1. The van der Waals surface area contributed by atoms with Gasteiger partial charge in [0.05, 0.1) is 18.9 Å². The van der Waals surface area contributed by atoms with E-state index in [4.69, 9.17) is 18.6 Å². The van der Waals surface area contributed by atoms with Gasteiger partial charge in [0.1, 0.15) is 24.1 Å². The highest BCUT2D eigenvalue weighted by Crippen LogP contribution is 2.48. The van der Waals surface area contributed by atoms with Crippen LogP contribution in [0.2, 0.25) is 18.1 Å². The molecule has 0 aliphatic carbocycles. The van der Waals surface area contributed by atoms with Gasteiger partial charge in [-0.15, -0.1) is 0 Å². The molecule has 4 unspecified atom stereocenters. The Morgan fingerprint density at radius 2 is 1.67 bits per heavy atom. The Balaban J connectivity index is 1.09. The minimum Gasteiger partial charge on any atom is -0.493 e. The molecule has 6 rings (SSSR count). The number of morpholine rings is 1. The number of nitrogens with one attached hydrogen (secondary N) is 2. The number of carbonyl (C=O) groups excluding carboxylic acids is 2. The molecule has 0 saturated carbocycles. The minimum absolute atomic E-state index is 0.104. The monoisotopic (exact) mass is 685 g/mol. The maximum atomic E-state index is 13.2. The van der Waals surface area contributed by atoms with Gasteiger partial charge in [0.15, 0.2) is 8.32 Å². The van der Waals surface area contributed by atoms with Crippen molar-refractivity contribution in [3.8, 4) is 16.9 Å². The Morgan fingerprint density at radius 3 is 2.35 bits per heavy atom. The fraction of sp³-hybridized carbons (Fsp3) is 0.487. The highest BCUT2D eigenvalue weighted by molar-refractivity contribution is 6.74. The van der Waals surface area contributed by atoms with Crippen LogP contribution >= 0.6 is 0 Å². The molecule has 2 amide bonds. The van der Waals surface area contributed by atoms with E-state index in [-0.39, 0.29) is 35.7 Å². The lowest BCUT2D eigenvalue weighted by molar-refractivity contribution is -0.116. The summed E-state index contributed by atoms with van der Waals surface area (Å²) in [5.74, 6) is 0.615. The summed E-state index contributed by atoms with van der Waals surface area (Å²) >= 11 is 0. The van der Waals surface area contributed by atoms with E-state index in [0.29, 0.717) is 43.1 Å². The van der Waals surface area contributed by atoms with Crippen molar-refractivity contribution in [1.82, 2.24) is 4.90 Å². The highest BCUT2D eigenvalue weighted by Gasteiger charge is 2.62. The molecule has 49 heavy (non-hydrogen) atoms.